The van der Waals surface area contributed by atoms with Crippen LogP contribution in [0.4, 0.5) is 11.6 Å². The summed E-state index contributed by atoms with van der Waals surface area (Å²) >= 11 is 0. The molecule has 1 N–H and O–H groups in total. The third-order valence-corrected chi connectivity index (χ3v) is 4.12. The van der Waals surface area contributed by atoms with Crippen LogP contribution < -0.4 is 10.2 Å². The van der Waals surface area contributed by atoms with Crippen molar-refractivity contribution in [3.8, 4) is 0 Å². The minimum atomic E-state index is -0.216. The fourth-order valence-electron chi connectivity index (χ4n) is 2.59. The summed E-state index contributed by atoms with van der Waals surface area (Å²) in [7, 11) is 1.93. The zero-order valence-corrected chi connectivity index (χ0v) is 15.0. The Morgan fingerprint density at radius 3 is 2.23 bits per heavy atom. The summed E-state index contributed by atoms with van der Waals surface area (Å²) < 4.78 is 0. The molecule has 5 heteroatoms. The molecule has 0 atom stereocenters. The summed E-state index contributed by atoms with van der Waals surface area (Å²) in [6.07, 6.45) is 4.08. The molecular weight excluding hydrogens is 324 g/mol. The number of anilines is 2. The van der Waals surface area contributed by atoms with E-state index in [4.69, 9.17) is 0 Å². The van der Waals surface area contributed by atoms with Crippen molar-refractivity contribution >= 4 is 17.5 Å². The topological polar surface area (TPSA) is 58.1 Å². The highest BCUT2D eigenvalue weighted by Crippen LogP contribution is 2.13. The summed E-state index contributed by atoms with van der Waals surface area (Å²) in [6.45, 7) is 2.80. The Kier molecular flexibility index (Phi) is 5.59. The second kappa shape index (κ2) is 8.25. The molecule has 0 radical (unpaired) electrons. The Balaban J connectivity index is 1.63. The lowest BCUT2D eigenvalue weighted by atomic mass is 10.1. The number of aryl methyl sites for hydroxylation is 1. The normalized spacial score (nSPS) is 10.4. The molecule has 0 aliphatic rings. The first-order valence-corrected chi connectivity index (χ1v) is 8.63. The molecule has 0 spiro atoms. The SMILES string of the molecule is CCc1ccc(NC(=O)c2cnc(N(C)Cc3ccccc3)nc2)cc1. The first-order chi connectivity index (χ1) is 12.7. The maximum Gasteiger partial charge on any atom is 0.258 e. The summed E-state index contributed by atoms with van der Waals surface area (Å²) in [5.41, 5.74) is 3.60. The third kappa shape index (κ3) is 4.45. The Labute approximate surface area is 153 Å². The number of hydrogen-bond donors (Lipinski definition) is 1. The number of carbonyl (C=O) groups excluding carboxylic acids is 1. The van der Waals surface area contributed by atoms with E-state index in [2.05, 4.69) is 34.3 Å². The predicted octanol–water partition coefficient (Wildman–Crippen LogP) is 3.93. The molecule has 5 nitrogen and oxygen atoms in total. The van der Waals surface area contributed by atoms with Crippen LogP contribution >= 0.6 is 0 Å². The lowest BCUT2D eigenvalue weighted by Gasteiger charge is -2.17. The van der Waals surface area contributed by atoms with Gasteiger partial charge in [-0.25, -0.2) is 9.97 Å². The standard InChI is InChI=1S/C21H22N4O/c1-3-16-9-11-19(12-10-16)24-20(26)18-13-22-21(23-14-18)25(2)15-17-7-5-4-6-8-17/h4-14H,3,15H2,1-2H3,(H,24,26). The monoisotopic (exact) mass is 346 g/mol. The number of hydrogen-bond acceptors (Lipinski definition) is 4. The summed E-state index contributed by atoms with van der Waals surface area (Å²) in [5.74, 6) is 0.365. The fraction of sp³-hybridized carbons (Fsp3) is 0.190. The van der Waals surface area contributed by atoms with Crippen molar-refractivity contribution in [1.29, 1.82) is 0 Å². The molecule has 0 saturated carbocycles. The number of amides is 1. The van der Waals surface area contributed by atoms with E-state index in [1.165, 1.54) is 11.1 Å². The molecular formula is C21H22N4O. The summed E-state index contributed by atoms with van der Waals surface area (Å²) in [6, 6.07) is 17.9. The quantitative estimate of drug-likeness (QED) is 0.735. The van der Waals surface area contributed by atoms with Gasteiger partial charge in [-0.2, -0.15) is 0 Å². The number of nitrogens with zero attached hydrogens (tertiary/aromatic N) is 3. The van der Waals surface area contributed by atoms with Gasteiger partial charge in [-0.1, -0.05) is 49.4 Å². The molecule has 2 aromatic carbocycles. The van der Waals surface area contributed by atoms with Gasteiger partial charge < -0.3 is 10.2 Å². The van der Waals surface area contributed by atoms with Crippen LogP contribution in [0.3, 0.4) is 0 Å². The highest BCUT2D eigenvalue weighted by atomic mass is 16.1. The molecule has 3 aromatic rings. The lowest BCUT2D eigenvalue weighted by molar-refractivity contribution is 0.102. The minimum Gasteiger partial charge on any atom is -0.340 e. The van der Waals surface area contributed by atoms with Gasteiger partial charge in [0.15, 0.2) is 0 Å². The molecule has 0 unspecified atom stereocenters. The first kappa shape index (κ1) is 17.6. The van der Waals surface area contributed by atoms with Crippen LogP contribution in [-0.2, 0) is 13.0 Å². The molecule has 0 aliphatic carbocycles. The van der Waals surface area contributed by atoms with Gasteiger partial charge in [0.25, 0.3) is 5.91 Å². The van der Waals surface area contributed by atoms with Gasteiger partial charge >= 0.3 is 0 Å². The van der Waals surface area contributed by atoms with Crippen LogP contribution in [0, 0.1) is 0 Å². The van der Waals surface area contributed by atoms with E-state index in [-0.39, 0.29) is 5.91 Å². The molecule has 26 heavy (non-hydrogen) atoms. The number of aromatic nitrogens is 2. The minimum absolute atomic E-state index is 0.216. The van der Waals surface area contributed by atoms with Crippen molar-refractivity contribution in [3.63, 3.8) is 0 Å². The van der Waals surface area contributed by atoms with E-state index in [9.17, 15) is 4.79 Å². The number of rotatable bonds is 6. The lowest BCUT2D eigenvalue weighted by Crippen LogP contribution is -2.20. The van der Waals surface area contributed by atoms with Crippen molar-refractivity contribution in [1.82, 2.24) is 9.97 Å². The number of carbonyl (C=O) groups is 1. The molecule has 0 saturated heterocycles. The summed E-state index contributed by atoms with van der Waals surface area (Å²) in [5, 5.41) is 2.87. The van der Waals surface area contributed by atoms with Crippen molar-refractivity contribution in [3.05, 3.63) is 83.7 Å². The first-order valence-electron chi connectivity index (χ1n) is 8.63. The van der Waals surface area contributed by atoms with Gasteiger partial charge in [0.1, 0.15) is 0 Å². The van der Waals surface area contributed by atoms with Gasteiger partial charge in [-0.3, -0.25) is 4.79 Å². The smallest absolute Gasteiger partial charge is 0.258 e. The number of benzene rings is 2. The number of nitrogens with one attached hydrogen (secondary N) is 1. The second-order valence-electron chi connectivity index (χ2n) is 6.12. The van der Waals surface area contributed by atoms with E-state index in [1.807, 2.05) is 54.4 Å². The highest BCUT2D eigenvalue weighted by Gasteiger charge is 2.10. The maximum atomic E-state index is 12.3. The van der Waals surface area contributed by atoms with Crippen LogP contribution in [0.15, 0.2) is 67.0 Å². The van der Waals surface area contributed by atoms with E-state index in [0.717, 1.165) is 12.1 Å². The Morgan fingerprint density at radius 2 is 1.62 bits per heavy atom. The zero-order valence-electron chi connectivity index (χ0n) is 15.0. The Bertz CT molecular complexity index is 845. The van der Waals surface area contributed by atoms with Crippen LogP contribution in [0.2, 0.25) is 0 Å². The van der Waals surface area contributed by atoms with E-state index >= 15 is 0 Å². The molecule has 0 fully saturated rings. The van der Waals surface area contributed by atoms with E-state index < -0.39 is 0 Å². The molecule has 1 aromatic heterocycles. The molecule has 3 rings (SSSR count). The van der Waals surface area contributed by atoms with Crippen molar-refractivity contribution in [2.75, 3.05) is 17.3 Å². The molecule has 1 heterocycles. The summed E-state index contributed by atoms with van der Waals surface area (Å²) in [4.78, 5) is 22.9. The third-order valence-electron chi connectivity index (χ3n) is 4.12. The molecule has 0 bridgehead atoms. The van der Waals surface area contributed by atoms with Gasteiger partial charge in [0.05, 0.1) is 5.56 Å². The average molecular weight is 346 g/mol. The maximum absolute atomic E-state index is 12.3. The van der Waals surface area contributed by atoms with Crippen molar-refractivity contribution < 1.29 is 4.79 Å². The Hall–Kier alpha value is -3.21. The molecule has 132 valence electrons. The Morgan fingerprint density at radius 1 is 0.962 bits per heavy atom. The van der Waals surface area contributed by atoms with Crippen LogP contribution in [0.5, 0.6) is 0 Å². The predicted molar refractivity (Wildman–Crippen MR) is 104 cm³/mol. The van der Waals surface area contributed by atoms with Gasteiger partial charge in [0, 0.05) is 31.7 Å². The average Bonchev–Trinajstić information content (AvgIpc) is 2.69. The van der Waals surface area contributed by atoms with E-state index in [0.29, 0.717) is 18.1 Å². The van der Waals surface area contributed by atoms with Crippen molar-refractivity contribution in [2.45, 2.75) is 19.9 Å². The highest BCUT2D eigenvalue weighted by molar-refractivity contribution is 6.03. The second-order valence-corrected chi connectivity index (χ2v) is 6.12. The van der Waals surface area contributed by atoms with Gasteiger partial charge in [0.2, 0.25) is 5.95 Å². The fourth-order valence-corrected chi connectivity index (χ4v) is 2.59. The molecule has 0 aliphatic heterocycles. The zero-order chi connectivity index (χ0) is 18.4. The molecule has 1 amide bonds. The largest absolute Gasteiger partial charge is 0.340 e. The van der Waals surface area contributed by atoms with Crippen molar-refractivity contribution in [2.24, 2.45) is 0 Å². The van der Waals surface area contributed by atoms with Crippen LogP contribution in [0.1, 0.15) is 28.4 Å². The van der Waals surface area contributed by atoms with Gasteiger partial charge in [-0.15, -0.1) is 0 Å². The van der Waals surface area contributed by atoms with E-state index in [1.54, 1.807) is 12.4 Å². The van der Waals surface area contributed by atoms with Crippen LogP contribution in [0.25, 0.3) is 0 Å². The van der Waals surface area contributed by atoms with Gasteiger partial charge in [-0.05, 0) is 29.7 Å². The van der Waals surface area contributed by atoms with Crippen LogP contribution in [-0.4, -0.2) is 22.9 Å².